The molecule has 0 aliphatic carbocycles. The van der Waals surface area contributed by atoms with E-state index in [4.69, 9.17) is 16.3 Å². The third-order valence-corrected chi connectivity index (χ3v) is 3.45. The van der Waals surface area contributed by atoms with Gasteiger partial charge in [0.25, 0.3) is 0 Å². The van der Waals surface area contributed by atoms with Crippen LogP contribution in [0.5, 0.6) is 5.75 Å². The fourth-order valence-electron chi connectivity index (χ4n) is 2.30. The Labute approximate surface area is 127 Å². The second-order valence-electron chi connectivity index (χ2n) is 4.55. The molecule has 0 aliphatic heterocycles. The molecule has 0 atom stereocenters. The van der Waals surface area contributed by atoms with Crippen molar-refractivity contribution in [2.75, 3.05) is 12.4 Å². The Morgan fingerprint density at radius 2 is 2.00 bits per heavy atom. The third kappa shape index (κ3) is 2.90. The largest absolute Gasteiger partial charge is 0.496 e. The van der Waals surface area contributed by atoms with Gasteiger partial charge < -0.3 is 10.1 Å². The van der Waals surface area contributed by atoms with E-state index in [-0.39, 0.29) is 0 Å². The zero-order valence-electron chi connectivity index (χ0n) is 11.5. The Morgan fingerprint density at radius 3 is 2.81 bits per heavy atom. The van der Waals surface area contributed by atoms with Crippen LogP contribution < -0.4 is 10.1 Å². The molecule has 3 rings (SSSR count). The van der Waals surface area contributed by atoms with Crippen LogP contribution >= 0.6 is 11.6 Å². The Hall–Kier alpha value is -2.33. The van der Waals surface area contributed by atoms with Gasteiger partial charge in [0.1, 0.15) is 16.7 Å². The maximum absolute atomic E-state index is 5.84. The second kappa shape index (κ2) is 5.97. The van der Waals surface area contributed by atoms with Crippen molar-refractivity contribution in [1.29, 1.82) is 0 Å². The first-order valence-electron chi connectivity index (χ1n) is 6.54. The summed E-state index contributed by atoms with van der Waals surface area (Å²) in [6.07, 6.45) is 3.15. The van der Waals surface area contributed by atoms with E-state index in [0.717, 1.165) is 16.7 Å². The van der Waals surface area contributed by atoms with Gasteiger partial charge in [-0.2, -0.15) is 0 Å². The zero-order valence-corrected chi connectivity index (χ0v) is 12.3. The van der Waals surface area contributed by atoms with Crippen LogP contribution in [0, 0.1) is 0 Å². The van der Waals surface area contributed by atoms with Gasteiger partial charge in [0, 0.05) is 12.1 Å². The number of halogens is 1. The first-order chi connectivity index (χ1) is 10.3. The molecule has 1 N–H and O–H groups in total. The summed E-state index contributed by atoms with van der Waals surface area (Å²) in [4.78, 5) is 8.19. The topological polar surface area (TPSA) is 47.0 Å². The quantitative estimate of drug-likeness (QED) is 0.793. The molecule has 4 nitrogen and oxygen atoms in total. The molecule has 1 heterocycles. The number of nitrogens with zero attached hydrogens (tertiary/aromatic N) is 2. The normalized spacial score (nSPS) is 10.6. The van der Waals surface area contributed by atoms with E-state index in [9.17, 15) is 0 Å². The predicted octanol–water partition coefficient (Wildman–Crippen LogP) is 3.90. The van der Waals surface area contributed by atoms with E-state index < -0.39 is 0 Å². The SMILES string of the molecule is COc1ccc2ccccc2c1CNc1cncc(Cl)n1. The van der Waals surface area contributed by atoms with E-state index in [1.54, 1.807) is 13.3 Å². The molecule has 0 amide bonds. The molecular formula is C16H14ClN3O. The molecule has 0 saturated carbocycles. The first kappa shape index (κ1) is 13.6. The van der Waals surface area contributed by atoms with Gasteiger partial charge in [0.15, 0.2) is 0 Å². The summed E-state index contributed by atoms with van der Waals surface area (Å²) in [7, 11) is 1.67. The van der Waals surface area contributed by atoms with E-state index in [0.29, 0.717) is 17.5 Å². The van der Waals surface area contributed by atoms with Gasteiger partial charge in [-0.05, 0) is 16.8 Å². The minimum Gasteiger partial charge on any atom is -0.496 e. The smallest absolute Gasteiger partial charge is 0.149 e. The Morgan fingerprint density at radius 1 is 1.14 bits per heavy atom. The van der Waals surface area contributed by atoms with Gasteiger partial charge in [-0.1, -0.05) is 41.9 Å². The molecule has 2 aromatic carbocycles. The highest BCUT2D eigenvalue weighted by atomic mass is 35.5. The van der Waals surface area contributed by atoms with Crippen molar-refractivity contribution in [2.45, 2.75) is 6.54 Å². The van der Waals surface area contributed by atoms with Gasteiger partial charge in [0.2, 0.25) is 0 Å². The van der Waals surface area contributed by atoms with Gasteiger partial charge in [-0.3, -0.25) is 4.98 Å². The van der Waals surface area contributed by atoms with Gasteiger partial charge in [-0.25, -0.2) is 4.98 Å². The number of hydrogen-bond donors (Lipinski definition) is 1. The van der Waals surface area contributed by atoms with Crippen molar-refractivity contribution in [3.63, 3.8) is 0 Å². The fraction of sp³-hybridized carbons (Fsp3) is 0.125. The van der Waals surface area contributed by atoms with E-state index >= 15 is 0 Å². The lowest BCUT2D eigenvalue weighted by atomic mass is 10.0. The summed E-state index contributed by atoms with van der Waals surface area (Å²) in [5.74, 6) is 1.48. The minimum atomic E-state index is 0.366. The molecule has 3 aromatic rings. The van der Waals surface area contributed by atoms with Crippen molar-refractivity contribution in [3.05, 3.63) is 59.5 Å². The number of methoxy groups -OCH3 is 1. The Bertz CT molecular complexity index is 776. The lowest BCUT2D eigenvalue weighted by molar-refractivity contribution is 0.411. The average molecular weight is 300 g/mol. The predicted molar refractivity (Wildman–Crippen MR) is 84.9 cm³/mol. The molecule has 5 heteroatoms. The Kier molecular flexibility index (Phi) is 3.88. The first-order valence-corrected chi connectivity index (χ1v) is 6.92. The van der Waals surface area contributed by atoms with Crippen LogP contribution in [0.1, 0.15) is 5.56 Å². The van der Waals surface area contributed by atoms with Crippen LogP contribution in [0.15, 0.2) is 48.8 Å². The molecule has 0 bridgehead atoms. The third-order valence-electron chi connectivity index (χ3n) is 3.27. The summed E-state index contributed by atoms with van der Waals surface area (Å²) < 4.78 is 5.46. The van der Waals surface area contributed by atoms with Crippen LogP contribution in [0.4, 0.5) is 5.82 Å². The van der Waals surface area contributed by atoms with Crippen molar-refractivity contribution in [2.24, 2.45) is 0 Å². The maximum atomic E-state index is 5.84. The molecule has 0 aliphatic rings. The number of rotatable bonds is 4. The van der Waals surface area contributed by atoms with Gasteiger partial charge in [0.05, 0.1) is 19.5 Å². The lowest BCUT2D eigenvalue weighted by Gasteiger charge is -2.13. The molecule has 1 aromatic heterocycles. The number of ether oxygens (including phenoxy) is 1. The van der Waals surface area contributed by atoms with Crippen LogP contribution in [0.2, 0.25) is 5.15 Å². The van der Waals surface area contributed by atoms with E-state index in [1.807, 2.05) is 18.2 Å². The molecule has 0 unspecified atom stereocenters. The van der Waals surface area contributed by atoms with Gasteiger partial charge >= 0.3 is 0 Å². The maximum Gasteiger partial charge on any atom is 0.149 e. The van der Waals surface area contributed by atoms with Crippen molar-refractivity contribution in [3.8, 4) is 5.75 Å². The van der Waals surface area contributed by atoms with Crippen molar-refractivity contribution in [1.82, 2.24) is 9.97 Å². The summed E-state index contributed by atoms with van der Waals surface area (Å²) in [6.45, 7) is 0.583. The molecular weight excluding hydrogens is 286 g/mol. The second-order valence-corrected chi connectivity index (χ2v) is 4.94. The zero-order chi connectivity index (χ0) is 14.7. The van der Waals surface area contributed by atoms with Crippen LogP contribution in [-0.2, 0) is 6.54 Å². The van der Waals surface area contributed by atoms with Crippen LogP contribution in [0.25, 0.3) is 10.8 Å². The monoisotopic (exact) mass is 299 g/mol. The molecule has 0 fully saturated rings. The number of fused-ring (bicyclic) bond motifs is 1. The van der Waals surface area contributed by atoms with E-state index in [1.165, 1.54) is 11.6 Å². The summed E-state index contributed by atoms with van der Waals surface area (Å²) >= 11 is 5.84. The molecule has 0 radical (unpaired) electrons. The molecule has 0 spiro atoms. The highest BCUT2D eigenvalue weighted by Crippen LogP contribution is 2.28. The summed E-state index contributed by atoms with van der Waals surface area (Å²) in [5.41, 5.74) is 1.08. The standard InChI is InChI=1S/C16H14ClN3O/c1-21-14-7-6-11-4-2-3-5-12(11)13(14)8-19-16-10-18-9-15(17)20-16/h2-7,9-10H,8H2,1H3,(H,19,20). The lowest BCUT2D eigenvalue weighted by Crippen LogP contribution is -2.04. The average Bonchev–Trinajstić information content (AvgIpc) is 2.52. The number of hydrogen-bond acceptors (Lipinski definition) is 4. The fourth-order valence-corrected chi connectivity index (χ4v) is 2.44. The van der Waals surface area contributed by atoms with Crippen molar-refractivity contribution < 1.29 is 4.74 Å². The molecule has 21 heavy (non-hydrogen) atoms. The number of aromatic nitrogens is 2. The highest BCUT2D eigenvalue weighted by molar-refractivity contribution is 6.29. The summed E-state index contributed by atoms with van der Waals surface area (Å²) in [6, 6.07) is 12.2. The number of nitrogens with one attached hydrogen (secondary N) is 1. The number of anilines is 1. The van der Waals surface area contributed by atoms with E-state index in [2.05, 4.69) is 33.5 Å². The van der Waals surface area contributed by atoms with Crippen LogP contribution in [0.3, 0.4) is 0 Å². The van der Waals surface area contributed by atoms with Gasteiger partial charge in [-0.15, -0.1) is 0 Å². The number of benzene rings is 2. The summed E-state index contributed by atoms with van der Waals surface area (Å²) in [5, 5.41) is 5.92. The van der Waals surface area contributed by atoms with Crippen molar-refractivity contribution >= 4 is 28.2 Å². The molecule has 0 saturated heterocycles. The minimum absolute atomic E-state index is 0.366. The molecule has 106 valence electrons. The highest BCUT2D eigenvalue weighted by Gasteiger charge is 2.08. The Balaban J connectivity index is 1.95. The van der Waals surface area contributed by atoms with Crippen LogP contribution in [-0.4, -0.2) is 17.1 Å².